The molecule has 0 aliphatic rings. The summed E-state index contributed by atoms with van der Waals surface area (Å²) < 4.78 is 50.4. The van der Waals surface area contributed by atoms with Crippen LogP contribution in [0.25, 0.3) is 0 Å². The van der Waals surface area contributed by atoms with Crippen molar-refractivity contribution in [1.29, 1.82) is 5.26 Å². The number of rotatable bonds is 5. The van der Waals surface area contributed by atoms with Crippen LogP contribution in [0.2, 0.25) is 0 Å². The van der Waals surface area contributed by atoms with Crippen LogP contribution in [0.4, 0.5) is 4.39 Å². The summed E-state index contributed by atoms with van der Waals surface area (Å²) in [6.45, 7) is 1.58. The van der Waals surface area contributed by atoms with Crippen LogP contribution in [-0.2, 0) is 20.8 Å². The molecule has 0 fully saturated rings. The first-order valence-corrected chi connectivity index (χ1v) is 8.49. The molecule has 2 atom stereocenters. The van der Waals surface area contributed by atoms with E-state index in [2.05, 4.69) is 4.72 Å². The number of sulfonamides is 1. The SMILES string of the molecule is CC(CS(C)=O)NS(=O)(=O)c1ccc(F)c(C#N)c1. The van der Waals surface area contributed by atoms with Crippen LogP contribution < -0.4 is 4.72 Å². The maximum Gasteiger partial charge on any atom is 0.240 e. The molecule has 1 rings (SSSR count). The third-order valence-electron chi connectivity index (χ3n) is 2.21. The topological polar surface area (TPSA) is 87.0 Å². The minimum Gasteiger partial charge on any atom is -0.260 e. The molecular formula is C11H13FN2O3S2. The van der Waals surface area contributed by atoms with Gasteiger partial charge in [-0.15, -0.1) is 0 Å². The highest BCUT2D eigenvalue weighted by molar-refractivity contribution is 7.89. The number of nitrogens with one attached hydrogen (secondary N) is 1. The molecule has 1 N–H and O–H groups in total. The van der Waals surface area contributed by atoms with Crippen molar-refractivity contribution in [1.82, 2.24) is 4.72 Å². The van der Waals surface area contributed by atoms with Crippen LogP contribution in [0.1, 0.15) is 12.5 Å². The quantitative estimate of drug-likeness (QED) is 0.869. The third-order valence-corrected chi connectivity index (χ3v) is 4.77. The van der Waals surface area contributed by atoms with Gasteiger partial charge in [0.2, 0.25) is 10.0 Å². The second-order valence-corrected chi connectivity index (χ2v) is 7.21. The van der Waals surface area contributed by atoms with E-state index in [0.717, 1.165) is 18.2 Å². The van der Waals surface area contributed by atoms with Crippen molar-refractivity contribution < 1.29 is 17.0 Å². The number of hydrogen-bond donors (Lipinski definition) is 1. The molecule has 0 heterocycles. The van der Waals surface area contributed by atoms with Crippen LogP contribution in [0.15, 0.2) is 23.1 Å². The Balaban J connectivity index is 3.01. The molecule has 0 aliphatic heterocycles. The fraction of sp³-hybridized carbons (Fsp3) is 0.364. The van der Waals surface area contributed by atoms with Gasteiger partial charge in [-0.2, -0.15) is 5.26 Å². The molecule has 1 aromatic rings. The van der Waals surface area contributed by atoms with E-state index in [-0.39, 0.29) is 16.2 Å². The monoisotopic (exact) mass is 304 g/mol. The zero-order chi connectivity index (χ0) is 14.6. The van der Waals surface area contributed by atoms with Gasteiger partial charge in [-0.25, -0.2) is 17.5 Å². The lowest BCUT2D eigenvalue weighted by molar-refractivity contribution is 0.569. The van der Waals surface area contributed by atoms with Crippen LogP contribution in [0.3, 0.4) is 0 Å². The fourth-order valence-electron chi connectivity index (χ4n) is 1.48. The van der Waals surface area contributed by atoms with Gasteiger partial charge in [0.25, 0.3) is 0 Å². The van der Waals surface area contributed by atoms with Crippen LogP contribution in [0.5, 0.6) is 0 Å². The van der Waals surface area contributed by atoms with Crippen molar-refractivity contribution in [3.8, 4) is 6.07 Å². The van der Waals surface area contributed by atoms with Crippen molar-refractivity contribution >= 4 is 20.8 Å². The molecule has 0 aliphatic carbocycles. The molecule has 8 heteroatoms. The minimum absolute atomic E-state index is 0.172. The Bertz CT molecular complexity index is 638. The summed E-state index contributed by atoms with van der Waals surface area (Å²) >= 11 is 0. The maximum atomic E-state index is 13.1. The molecule has 0 aromatic heterocycles. The van der Waals surface area contributed by atoms with Gasteiger partial charge in [-0.05, 0) is 25.1 Å². The normalized spacial score (nSPS) is 14.6. The molecule has 2 unspecified atom stereocenters. The molecule has 104 valence electrons. The largest absolute Gasteiger partial charge is 0.260 e. The van der Waals surface area contributed by atoms with Gasteiger partial charge in [-0.3, -0.25) is 4.21 Å². The molecular weight excluding hydrogens is 291 g/mol. The zero-order valence-electron chi connectivity index (χ0n) is 10.4. The molecule has 0 amide bonds. The smallest absolute Gasteiger partial charge is 0.240 e. The van der Waals surface area contributed by atoms with E-state index in [0.29, 0.717) is 0 Å². The molecule has 0 spiro atoms. The molecule has 1 aromatic carbocycles. The fourth-order valence-corrected chi connectivity index (χ4v) is 3.64. The average Bonchev–Trinajstić information content (AvgIpc) is 2.27. The molecule has 0 saturated heterocycles. The summed E-state index contributed by atoms with van der Waals surface area (Å²) in [7, 11) is -4.99. The Morgan fingerprint density at radius 3 is 2.68 bits per heavy atom. The van der Waals surface area contributed by atoms with E-state index in [1.54, 1.807) is 13.0 Å². The lowest BCUT2D eigenvalue weighted by atomic mass is 10.2. The van der Waals surface area contributed by atoms with Crippen molar-refractivity contribution in [2.24, 2.45) is 0 Å². The Kier molecular flexibility index (Phi) is 5.17. The van der Waals surface area contributed by atoms with Gasteiger partial charge in [0.05, 0.1) is 10.5 Å². The summed E-state index contributed by atoms with van der Waals surface area (Å²) in [5.74, 6) is -0.602. The zero-order valence-corrected chi connectivity index (χ0v) is 12.0. The first-order chi connectivity index (χ1) is 8.76. The highest BCUT2D eigenvalue weighted by Gasteiger charge is 2.19. The van der Waals surface area contributed by atoms with Gasteiger partial charge in [0, 0.05) is 28.9 Å². The number of nitrogens with zero attached hydrogens (tertiary/aromatic N) is 1. The summed E-state index contributed by atoms with van der Waals surface area (Å²) in [6, 6.07) is 4.03. The highest BCUT2D eigenvalue weighted by atomic mass is 32.2. The molecule has 19 heavy (non-hydrogen) atoms. The minimum atomic E-state index is -3.86. The van der Waals surface area contributed by atoms with Crippen molar-refractivity contribution in [2.45, 2.75) is 17.9 Å². The Morgan fingerprint density at radius 2 is 2.16 bits per heavy atom. The second kappa shape index (κ2) is 6.23. The van der Waals surface area contributed by atoms with E-state index in [4.69, 9.17) is 5.26 Å². The molecule has 0 saturated carbocycles. The standard InChI is InChI=1S/C11H13FN2O3S2/c1-8(7-18(2)15)14-19(16,17)10-3-4-11(12)9(5-10)6-13/h3-5,8,14H,7H2,1-2H3. The Labute approximate surface area is 113 Å². The van der Waals surface area contributed by atoms with Gasteiger partial charge in [0.15, 0.2) is 0 Å². The van der Waals surface area contributed by atoms with E-state index in [9.17, 15) is 17.0 Å². The molecule has 5 nitrogen and oxygen atoms in total. The Morgan fingerprint density at radius 1 is 1.53 bits per heavy atom. The summed E-state index contributed by atoms with van der Waals surface area (Å²) in [6.07, 6.45) is 1.47. The second-order valence-electron chi connectivity index (χ2n) is 4.02. The molecule has 0 bridgehead atoms. The number of hydrogen-bond acceptors (Lipinski definition) is 4. The van der Waals surface area contributed by atoms with E-state index < -0.39 is 32.7 Å². The van der Waals surface area contributed by atoms with Crippen LogP contribution in [-0.4, -0.2) is 30.7 Å². The lowest BCUT2D eigenvalue weighted by Crippen LogP contribution is -2.36. The van der Waals surface area contributed by atoms with Gasteiger partial charge < -0.3 is 0 Å². The summed E-state index contributed by atoms with van der Waals surface area (Å²) in [5, 5.41) is 8.66. The predicted molar refractivity (Wildman–Crippen MR) is 69.8 cm³/mol. The maximum absolute atomic E-state index is 13.1. The van der Waals surface area contributed by atoms with E-state index in [1.165, 1.54) is 6.26 Å². The molecule has 0 radical (unpaired) electrons. The first kappa shape index (κ1) is 15.8. The predicted octanol–water partition coefficient (Wildman–Crippen LogP) is 0.743. The van der Waals surface area contributed by atoms with Crippen LogP contribution in [0, 0.1) is 17.1 Å². The van der Waals surface area contributed by atoms with Gasteiger partial charge in [0.1, 0.15) is 11.9 Å². The van der Waals surface area contributed by atoms with Crippen molar-refractivity contribution in [3.63, 3.8) is 0 Å². The Hall–Kier alpha value is -1.30. The number of benzene rings is 1. The van der Waals surface area contributed by atoms with Crippen LogP contribution >= 0.6 is 0 Å². The van der Waals surface area contributed by atoms with Gasteiger partial charge >= 0.3 is 0 Å². The van der Waals surface area contributed by atoms with Gasteiger partial charge in [-0.1, -0.05) is 0 Å². The number of halogens is 1. The lowest BCUT2D eigenvalue weighted by Gasteiger charge is -2.13. The summed E-state index contributed by atoms with van der Waals surface area (Å²) in [4.78, 5) is -0.195. The highest BCUT2D eigenvalue weighted by Crippen LogP contribution is 2.14. The third kappa shape index (κ3) is 4.38. The first-order valence-electron chi connectivity index (χ1n) is 5.28. The van der Waals surface area contributed by atoms with Crippen molar-refractivity contribution in [3.05, 3.63) is 29.6 Å². The van der Waals surface area contributed by atoms with E-state index in [1.807, 2.05) is 0 Å². The van der Waals surface area contributed by atoms with E-state index >= 15 is 0 Å². The summed E-state index contributed by atoms with van der Waals surface area (Å²) in [5.41, 5.74) is -0.338. The average molecular weight is 304 g/mol. The van der Waals surface area contributed by atoms with Crippen molar-refractivity contribution in [2.75, 3.05) is 12.0 Å². The number of nitriles is 1.